The Morgan fingerprint density at radius 3 is 1.09 bits per heavy atom. The Morgan fingerprint density at radius 2 is 0.767 bits per heavy atom. The molecule has 2 nitrogen and oxygen atoms in total. The molecule has 0 saturated carbocycles. The maximum atomic E-state index is 11.4. The normalized spacial score (nSPS) is 12.4. The Balaban J connectivity index is 2.16. The van der Waals surface area contributed by atoms with Crippen molar-refractivity contribution in [3.63, 3.8) is 0 Å². The van der Waals surface area contributed by atoms with Gasteiger partial charge in [0, 0.05) is 10.7 Å². The standard InChI is InChI=1S/C40H59BO2/c1-5-9-29-38(30-10-6-2,39(41(42)43,32-11-7-3)33-12-8-4)31-22-34-40(35-23-16-13-17-24-35,36-25-18-14-19-26-36)37-27-20-15-21-28-37/h13-21,23-28,42-43H,5-12,22,29-34H2,1-4H3. The van der Waals surface area contributed by atoms with E-state index in [1.807, 2.05) is 0 Å². The topological polar surface area (TPSA) is 40.5 Å². The largest absolute Gasteiger partial charge is 0.458 e. The summed E-state index contributed by atoms with van der Waals surface area (Å²) in [5, 5.41) is 22.3. The molecule has 43 heavy (non-hydrogen) atoms. The summed E-state index contributed by atoms with van der Waals surface area (Å²) in [6.45, 7) is 9.04. The number of hydrogen-bond acceptors (Lipinski definition) is 2. The summed E-state index contributed by atoms with van der Waals surface area (Å²) < 4.78 is 0. The number of rotatable bonds is 21. The summed E-state index contributed by atoms with van der Waals surface area (Å²) >= 11 is 0. The predicted octanol–water partition coefficient (Wildman–Crippen LogP) is 11.2. The van der Waals surface area contributed by atoms with E-state index in [-0.39, 0.29) is 10.8 Å². The molecule has 0 aliphatic heterocycles. The average Bonchev–Trinajstić information content (AvgIpc) is 3.05. The summed E-state index contributed by atoms with van der Waals surface area (Å²) in [4.78, 5) is 0. The van der Waals surface area contributed by atoms with E-state index in [0.717, 1.165) is 96.3 Å². The van der Waals surface area contributed by atoms with Crippen LogP contribution in [0.1, 0.15) is 141 Å². The molecule has 0 spiro atoms. The van der Waals surface area contributed by atoms with Crippen molar-refractivity contribution in [3.8, 4) is 0 Å². The molecule has 3 aromatic carbocycles. The highest BCUT2D eigenvalue weighted by Gasteiger charge is 2.55. The molecule has 0 unspecified atom stereocenters. The van der Waals surface area contributed by atoms with Crippen molar-refractivity contribution in [1.82, 2.24) is 0 Å². The van der Waals surface area contributed by atoms with Crippen LogP contribution in [-0.2, 0) is 5.41 Å². The van der Waals surface area contributed by atoms with Crippen LogP contribution >= 0.6 is 0 Å². The molecule has 0 atom stereocenters. The smallest absolute Gasteiger partial charge is 0.427 e. The Bertz CT molecular complexity index is 1020. The first-order valence-electron chi connectivity index (χ1n) is 17.5. The van der Waals surface area contributed by atoms with Crippen molar-refractivity contribution in [2.45, 2.75) is 135 Å². The highest BCUT2D eigenvalue weighted by atomic mass is 16.4. The van der Waals surface area contributed by atoms with Gasteiger partial charge in [0.1, 0.15) is 0 Å². The maximum Gasteiger partial charge on any atom is 0.458 e. The van der Waals surface area contributed by atoms with E-state index in [1.54, 1.807) is 0 Å². The Labute approximate surface area is 264 Å². The van der Waals surface area contributed by atoms with Crippen LogP contribution in [0.25, 0.3) is 0 Å². The first-order valence-corrected chi connectivity index (χ1v) is 17.5. The van der Waals surface area contributed by atoms with Gasteiger partial charge in [0.2, 0.25) is 0 Å². The van der Waals surface area contributed by atoms with Gasteiger partial charge in [-0.15, -0.1) is 0 Å². The molecule has 0 aromatic heterocycles. The molecule has 3 aromatic rings. The SMILES string of the molecule is CCCCC(CCCC)(CCCC(c1ccccc1)(c1ccccc1)c1ccccc1)C(CCCC)(CCCC)B(O)O. The van der Waals surface area contributed by atoms with Crippen LogP contribution in [0.5, 0.6) is 0 Å². The molecule has 3 rings (SSSR count). The van der Waals surface area contributed by atoms with Crippen molar-refractivity contribution in [2.75, 3.05) is 0 Å². The monoisotopic (exact) mass is 582 g/mol. The van der Waals surface area contributed by atoms with Crippen LogP contribution in [0.2, 0.25) is 5.31 Å². The van der Waals surface area contributed by atoms with Crippen molar-refractivity contribution in [1.29, 1.82) is 0 Å². The molecule has 0 saturated heterocycles. The molecule has 0 bridgehead atoms. The third-order valence-corrected chi connectivity index (χ3v) is 10.5. The van der Waals surface area contributed by atoms with Gasteiger partial charge in [0.25, 0.3) is 0 Å². The third-order valence-electron chi connectivity index (χ3n) is 10.5. The molecule has 0 aliphatic rings. The second-order valence-electron chi connectivity index (χ2n) is 13.1. The van der Waals surface area contributed by atoms with Crippen molar-refractivity contribution < 1.29 is 10.0 Å². The molecule has 0 fully saturated rings. The van der Waals surface area contributed by atoms with E-state index in [9.17, 15) is 10.0 Å². The minimum absolute atomic E-state index is 0.104. The number of hydrogen-bond donors (Lipinski definition) is 2. The van der Waals surface area contributed by atoms with Gasteiger partial charge in [-0.3, -0.25) is 0 Å². The third kappa shape index (κ3) is 8.23. The molecule has 3 heteroatoms. The Hall–Kier alpha value is -2.36. The fraction of sp³-hybridized carbons (Fsp3) is 0.550. The van der Waals surface area contributed by atoms with Gasteiger partial charge in [-0.2, -0.15) is 0 Å². The fourth-order valence-electron chi connectivity index (χ4n) is 8.12. The summed E-state index contributed by atoms with van der Waals surface area (Å²) in [6, 6.07) is 33.2. The molecule has 234 valence electrons. The molecule has 0 aliphatic carbocycles. The van der Waals surface area contributed by atoms with E-state index in [1.165, 1.54) is 16.7 Å². The number of benzene rings is 3. The summed E-state index contributed by atoms with van der Waals surface area (Å²) in [7, 11) is -1.29. The zero-order valence-electron chi connectivity index (χ0n) is 27.7. The summed E-state index contributed by atoms with van der Waals surface area (Å²) in [5.74, 6) is 0. The lowest BCUT2D eigenvalue weighted by molar-refractivity contribution is 0.0695. The highest BCUT2D eigenvalue weighted by Crippen LogP contribution is 2.62. The molecule has 0 heterocycles. The quantitative estimate of drug-likeness (QED) is 0.0969. The molecule has 0 amide bonds. The lowest BCUT2D eigenvalue weighted by atomic mass is 9.39. The van der Waals surface area contributed by atoms with Crippen LogP contribution in [0.4, 0.5) is 0 Å². The van der Waals surface area contributed by atoms with Gasteiger partial charge in [-0.25, -0.2) is 0 Å². The second-order valence-corrected chi connectivity index (χ2v) is 13.1. The minimum atomic E-state index is -1.29. The van der Waals surface area contributed by atoms with Crippen molar-refractivity contribution in [2.24, 2.45) is 5.41 Å². The summed E-state index contributed by atoms with van der Waals surface area (Å²) in [5.41, 5.74) is 3.59. The minimum Gasteiger partial charge on any atom is -0.427 e. The average molecular weight is 583 g/mol. The lowest BCUT2D eigenvalue weighted by Gasteiger charge is -2.53. The van der Waals surface area contributed by atoms with E-state index < -0.39 is 12.4 Å². The van der Waals surface area contributed by atoms with Crippen LogP contribution in [0.3, 0.4) is 0 Å². The zero-order valence-corrected chi connectivity index (χ0v) is 27.7. The molecule has 0 radical (unpaired) electrons. The fourth-order valence-corrected chi connectivity index (χ4v) is 8.12. The first-order chi connectivity index (χ1) is 21.0. The van der Waals surface area contributed by atoms with Crippen LogP contribution in [0, 0.1) is 5.41 Å². The van der Waals surface area contributed by atoms with E-state index in [4.69, 9.17) is 0 Å². The summed E-state index contributed by atoms with van der Waals surface area (Å²) in [6.07, 6.45) is 15.8. The van der Waals surface area contributed by atoms with Gasteiger partial charge < -0.3 is 10.0 Å². The van der Waals surface area contributed by atoms with Gasteiger partial charge in [0.05, 0.1) is 0 Å². The molecular weight excluding hydrogens is 523 g/mol. The van der Waals surface area contributed by atoms with E-state index >= 15 is 0 Å². The van der Waals surface area contributed by atoms with Crippen LogP contribution in [-0.4, -0.2) is 17.2 Å². The van der Waals surface area contributed by atoms with Crippen LogP contribution < -0.4 is 0 Å². The second kappa shape index (κ2) is 17.8. The molecular formula is C40H59BO2. The Kier molecular flexibility index (Phi) is 14.6. The number of unbranched alkanes of at least 4 members (excludes halogenated alkanes) is 4. The van der Waals surface area contributed by atoms with Gasteiger partial charge >= 0.3 is 7.12 Å². The lowest BCUT2D eigenvalue weighted by Crippen LogP contribution is -2.48. The predicted molar refractivity (Wildman–Crippen MR) is 186 cm³/mol. The van der Waals surface area contributed by atoms with Gasteiger partial charge in [-0.05, 0) is 60.6 Å². The van der Waals surface area contributed by atoms with E-state index in [2.05, 4.69) is 119 Å². The van der Waals surface area contributed by atoms with Gasteiger partial charge in [-0.1, -0.05) is 176 Å². The zero-order chi connectivity index (χ0) is 31.0. The van der Waals surface area contributed by atoms with Crippen molar-refractivity contribution in [3.05, 3.63) is 108 Å². The first kappa shape index (κ1) is 35.1. The highest BCUT2D eigenvalue weighted by molar-refractivity contribution is 6.46. The van der Waals surface area contributed by atoms with Crippen LogP contribution in [0.15, 0.2) is 91.0 Å². The van der Waals surface area contributed by atoms with E-state index in [0.29, 0.717) is 0 Å². The van der Waals surface area contributed by atoms with Crippen molar-refractivity contribution >= 4 is 7.12 Å². The molecule has 2 N–H and O–H groups in total. The Morgan fingerprint density at radius 1 is 0.442 bits per heavy atom. The van der Waals surface area contributed by atoms with Gasteiger partial charge in [0.15, 0.2) is 0 Å². The maximum absolute atomic E-state index is 11.4.